The van der Waals surface area contributed by atoms with E-state index in [0.717, 1.165) is 30.4 Å². The second-order valence-corrected chi connectivity index (χ2v) is 10.7. The van der Waals surface area contributed by atoms with Crippen molar-refractivity contribution < 1.29 is 9.53 Å². The van der Waals surface area contributed by atoms with E-state index in [0.29, 0.717) is 11.3 Å². The highest BCUT2D eigenvalue weighted by atomic mass is 16.6. The molecule has 1 N–H and O–H groups in total. The Morgan fingerprint density at radius 2 is 2.00 bits per heavy atom. The molecule has 2 aromatic carbocycles. The Morgan fingerprint density at radius 3 is 2.81 bits per heavy atom. The van der Waals surface area contributed by atoms with E-state index in [9.17, 15) is 4.79 Å². The predicted molar refractivity (Wildman–Crippen MR) is 129 cm³/mol. The van der Waals surface area contributed by atoms with E-state index < -0.39 is 0 Å². The van der Waals surface area contributed by atoms with E-state index >= 15 is 0 Å². The second kappa shape index (κ2) is 7.23. The molecule has 0 aliphatic heterocycles. The molecule has 6 atom stereocenters. The first-order valence-corrected chi connectivity index (χ1v) is 12.3. The second-order valence-electron chi connectivity index (χ2n) is 10.7. The van der Waals surface area contributed by atoms with E-state index in [-0.39, 0.29) is 17.6 Å². The molecule has 0 heterocycles. The zero-order valence-electron chi connectivity index (χ0n) is 19.1. The van der Waals surface area contributed by atoms with Gasteiger partial charge in [0.2, 0.25) is 0 Å². The van der Waals surface area contributed by atoms with Crippen molar-refractivity contribution >= 4 is 17.9 Å². The molecule has 32 heavy (non-hydrogen) atoms. The third-order valence-corrected chi connectivity index (χ3v) is 9.47. The van der Waals surface area contributed by atoms with Crippen molar-refractivity contribution in [3.05, 3.63) is 71.3 Å². The van der Waals surface area contributed by atoms with Gasteiger partial charge in [-0.2, -0.15) is 0 Å². The summed E-state index contributed by atoms with van der Waals surface area (Å²) in [4.78, 5) is 12.7. The van der Waals surface area contributed by atoms with Crippen molar-refractivity contribution in [2.45, 2.75) is 64.4 Å². The van der Waals surface area contributed by atoms with Crippen LogP contribution in [0.25, 0.3) is 6.08 Å². The SMILES string of the molecule is CC=Cc1ccc2c(c1)CC[C@@H]1[C@@H]2CC[C@]2(C)[C@H](OC(=O)Nc3ccccc3)C[C@H]3C[C@@]312. The summed E-state index contributed by atoms with van der Waals surface area (Å²) in [6.45, 7) is 4.52. The van der Waals surface area contributed by atoms with Crippen LogP contribution in [0, 0.1) is 22.7 Å². The Kier molecular flexibility index (Phi) is 4.54. The number of hydrogen-bond acceptors (Lipinski definition) is 2. The number of para-hydroxylation sites is 1. The molecule has 0 bridgehead atoms. The molecule has 1 spiro atoms. The van der Waals surface area contributed by atoms with Gasteiger partial charge in [0.15, 0.2) is 0 Å². The molecule has 4 aliphatic carbocycles. The molecule has 3 nitrogen and oxygen atoms in total. The van der Waals surface area contributed by atoms with E-state index in [2.05, 4.69) is 49.5 Å². The van der Waals surface area contributed by atoms with Crippen molar-refractivity contribution in [2.75, 3.05) is 5.32 Å². The minimum Gasteiger partial charge on any atom is -0.445 e. The average molecular weight is 428 g/mol. The lowest BCUT2D eigenvalue weighted by atomic mass is 9.52. The summed E-state index contributed by atoms with van der Waals surface area (Å²) in [5.41, 5.74) is 5.76. The number of nitrogens with one attached hydrogen (secondary N) is 1. The van der Waals surface area contributed by atoms with E-state index in [4.69, 9.17) is 4.74 Å². The number of amides is 1. The number of ether oxygens (including phenoxy) is 1. The van der Waals surface area contributed by atoms with Crippen LogP contribution in [0.1, 0.15) is 68.6 Å². The van der Waals surface area contributed by atoms with Crippen LogP contribution < -0.4 is 5.32 Å². The normalized spacial score (nSPS) is 36.6. The predicted octanol–water partition coefficient (Wildman–Crippen LogP) is 7.19. The zero-order valence-corrected chi connectivity index (χ0v) is 19.1. The lowest BCUT2D eigenvalue weighted by Gasteiger charge is -2.53. The fourth-order valence-electron chi connectivity index (χ4n) is 8.07. The molecule has 0 aromatic heterocycles. The van der Waals surface area contributed by atoms with Crippen LogP contribution in [0.3, 0.4) is 0 Å². The van der Waals surface area contributed by atoms with Gasteiger partial charge < -0.3 is 4.74 Å². The molecular weight excluding hydrogens is 394 g/mol. The topological polar surface area (TPSA) is 38.3 Å². The third kappa shape index (κ3) is 2.82. The summed E-state index contributed by atoms with van der Waals surface area (Å²) in [5, 5.41) is 2.93. The number of carbonyl (C=O) groups excluding carboxylic acids is 1. The Labute approximate surface area is 191 Å². The number of hydrogen-bond donors (Lipinski definition) is 1. The smallest absolute Gasteiger partial charge is 0.411 e. The zero-order chi connectivity index (χ0) is 21.9. The van der Waals surface area contributed by atoms with Crippen molar-refractivity contribution in [1.29, 1.82) is 0 Å². The summed E-state index contributed by atoms with van der Waals surface area (Å²) in [6.07, 6.45) is 11.3. The average Bonchev–Trinajstić information content (AvgIpc) is 3.45. The summed E-state index contributed by atoms with van der Waals surface area (Å²) in [7, 11) is 0. The quantitative estimate of drug-likeness (QED) is 0.563. The maximum Gasteiger partial charge on any atom is 0.411 e. The minimum absolute atomic E-state index is 0.0318. The van der Waals surface area contributed by atoms with Gasteiger partial charge in [-0.05, 0) is 97.4 Å². The van der Waals surface area contributed by atoms with E-state index in [1.807, 2.05) is 30.3 Å². The van der Waals surface area contributed by atoms with Gasteiger partial charge in [-0.15, -0.1) is 0 Å². The summed E-state index contributed by atoms with van der Waals surface area (Å²) in [6, 6.07) is 16.7. The standard InChI is InChI=1S/C29H33NO2/c1-3-7-19-10-12-23-20(16-19)11-13-25-24(23)14-15-28(2)26(17-21-18-29(21,25)28)32-27(31)30-22-8-5-4-6-9-22/h3-10,12,16,21,24-26H,11,13-15,17-18H2,1-2H3,(H,30,31)/t21-,24+,25+,26+,28+,29+/m0/s1. The third-order valence-electron chi connectivity index (χ3n) is 9.47. The highest BCUT2D eigenvalue weighted by Crippen LogP contribution is 2.82. The first kappa shape index (κ1) is 20.1. The molecule has 0 radical (unpaired) electrons. The van der Waals surface area contributed by atoms with Gasteiger partial charge in [0.25, 0.3) is 0 Å². The van der Waals surface area contributed by atoms with E-state index in [1.165, 1.54) is 31.2 Å². The van der Waals surface area contributed by atoms with Gasteiger partial charge in [-0.25, -0.2) is 4.79 Å². The summed E-state index contributed by atoms with van der Waals surface area (Å²) >= 11 is 0. The van der Waals surface area contributed by atoms with E-state index in [1.54, 1.807) is 11.1 Å². The van der Waals surface area contributed by atoms with Gasteiger partial charge in [0.05, 0.1) is 0 Å². The Balaban J connectivity index is 1.23. The van der Waals surface area contributed by atoms with Crippen LogP contribution in [0.4, 0.5) is 10.5 Å². The number of fused-ring (bicyclic) bond motifs is 3. The molecule has 6 rings (SSSR count). The van der Waals surface area contributed by atoms with Crippen LogP contribution in [0.2, 0.25) is 0 Å². The number of rotatable bonds is 3. The molecular formula is C29H33NO2. The number of anilines is 1. The molecule has 2 aromatic rings. The number of carbonyl (C=O) groups is 1. The molecule has 4 aliphatic rings. The summed E-state index contributed by atoms with van der Waals surface area (Å²) < 4.78 is 6.12. The lowest BCUT2D eigenvalue weighted by Crippen LogP contribution is -2.49. The largest absolute Gasteiger partial charge is 0.445 e. The molecule has 3 heteroatoms. The molecule has 3 saturated carbocycles. The van der Waals surface area contributed by atoms with Crippen LogP contribution >= 0.6 is 0 Å². The molecule has 0 saturated heterocycles. The molecule has 3 fully saturated rings. The van der Waals surface area contributed by atoms with Crippen molar-refractivity contribution in [1.82, 2.24) is 0 Å². The number of benzene rings is 2. The van der Waals surface area contributed by atoms with Gasteiger partial charge >= 0.3 is 6.09 Å². The fourth-order valence-corrected chi connectivity index (χ4v) is 8.07. The maximum atomic E-state index is 12.7. The maximum absolute atomic E-state index is 12.7. The van der Waals surface area contributed by atoms with Crippen LogP contribution in [0.15, 0.2) is 54.6 Å². The van der Waals surface area contributed by atoms with Gasteiger partial charge in [0, 0.05) is 11.1 Å². The molecule has 1 amide bonds. The first-order valence-electron chi connectivity index (χ1n) is 12.3. The summed E-state index contributed by atoms with van der Waals surface area (Å²) in [5.74, 6) is 2.13. The van der Waals surface area contributed by atoms with Gasteiger partial charge in [0.1, 0.15) is 6.10 Å². The van der Waals surface area contributed by atoms with Crippen molar-refractivity contribution in [3.8, 4) is 0 Å². The first-order chi connectivity index (χ1) is 15.5. The highest BCUT2D eigenvalue weighted by molar-refractivity contribution is 5.84. The number of aryl methyl sites for hydroxylation is 1. The van der Waals surface area contributed by atoms with Crippen molar-refractivity contribution in [2.24, 2.45) is 22.7 Å². The molecule has 166 valence electrons. The van der Waals surface area contributed by atoms with Gasteiger partial charge in [-0.1, -0.05) is 55.5 Å². The van der Waals surface area contributed by atoms with Crippen LogP contribution in [0.5, 0.6) is 0 Å². The minimum atomic E-state index is -0.300. The fraction of sp³-hybridized carbons (Fsp3) is 0.483. The van der Waals surface area contributed by atoms with Crippen LogP contribution in [-0.2, 0) is 11.2 Å². The lowest BCUT2D eigenvalue weighted by molar-refractivity contribution is -0.0586. The van der Waals surface area contributed by atoms with Crippen molar-refractivity contribution in [3.63, 3.8) is 0 Å². The monoisotopic (exact) mass is 427 g/mol. The van der Waals surface area contributed by atoms with Gasteiger partial charge in [-0.3, -0.25) is 5.32 Å². The Bertz CT molecular complexity index is 1080. The Hall–Kier alpha value is -2.55. The highest BCUT2D eigenvalue weighted by Gasteiger charge is 2.77. The number of allylic oxidation sites excluding steroid dienone is 1. The molecule has 0 unspecified atom stereocenters. The van der Waals surface area contributed by atoms with Crippen LogP contribution in [-0.4, -0.2) is 12.2 Å². The Morgan fingerprint density at radius 1 is 1.16 bits per heavy atom.